The number of urea groups is 1. The zero-order valence-corrected chi connectivity index (χ0v) is 24.0. The fourth-order valence-corrected chi connectivity index (χ4v) is 7.25. The minimum absolute atomic E-state index is 0.134. The topological polar surface area (TPSA) is 56.8 Å². The number of aromatic nitrogens is 1. The number of pyridine rings is 1. The number of likely N-dealkylation sites (tertiary alicyclic amines) is 1. The lowest BCUT2D eigenvalue weighted by Gasteiger charge is -2.48. The summed E-state index contributed by atoms with van der Waals surface area (Å²) in [5, 5.41) is 2.78. The maximum Gasteiger partial charge on any atom is 0.337 e. The maximum atomic E-state index is 14.3. The summed E-state index contributed by atoms with van der Waals surface area (Å²) >= 11 is 1.50. The molecule has 0 saturated carbocycles. The lowest BCUT2D eigenvalue weighted by Crippen LogP contribution is -2.60. The molecule has 2 fully saturated rings. The van der Waals surface area contributed by atoms with Crippen molar-refractivity contribution in [3.8, 4) is 11.1 Å². The van der Waals surface area contributed by atoms with Gasteiger partial charge in [-0.2, -0.15) is 0 Å². The van der Waals surface area contributed by atoms with Gasteiger partial charge in [0.1, 0.15) is 10.5 Å². The first kappa shape index (κ1) is 26.4. The number of nitrogens with zero attached hydrogens (tertiary/aromatic N) is 4. The summed E-state index contributed by atoms with van der Waals surface area (Å²) in [6.45, 7) is 7.95. The first-order chi connectivity index (χ1) is 19.4. The summed E-state index contributed by atoms with van der Waals surface area (Å²) in [6.07, 6.45) is 3.89. The third-order valence-electron chi connectivity index (χ3n) is 8.87. The molecule has 1 atom stereocenters. The summed E-state index contributed by atoms with van der Waals surface area (Å²) in [6, 6.07) is 25.5. The van der Waals surface area contributed by atoms with Crippen LogP contribution >= 0.6 is 11.3 Å². The number of hydrogen-bond donors (Lipinski definition) is 0. The van der Waals surface area contributed by atoms with E-state index in [1.165, 1.54) is 21.8 Å². The van der Waals surface area contributed by atoms with E-state index in [0.29, 0.717) is 31.6 Å². The van der Waals surface area contributed by atoms with Crippen molar-refractivity contribution in [2.75, 3.05) is 22.9 Å². The van der Waals surface area contributed by atoms with E-state index in [0.717, 1.165) is 28.2 Å². The molecule has 2 aromatic carbocycles. The van der Waals surface area contributed by atoms with E-state index in [1.807, 2.05) is 72.2 Å². The van der Waals surface area contributed by atoms with E-state index < -0.39 is 5.54 Å². The standard InChI is InChI=1S/C33H34N4O2S/c1-4-32(3,29-24(2)10-8-20-34-29)35-21-18-33(19-22-35)30(38)36(31(39)37(33)28-13-9-23-40-28)27-16-14-26(15-17-27)25-11-6-5-7-12-25/h5-17,20,23H,4,18-19,21-22H2,1-3H3. The first-order valence-electron chi connectivity index (χ1n) is 13.9. The Labute approximate surface area is 239 Å². The minimum Gasteiger partial charge on any atom is -0.292 e. The average Bonchev–Trinajstić information content (AvgIpc) is 3.58. The summed E-state index contributed by atoms with van der Waals surface area (Å²) in [5.41, 5.74) is 3.84. The van der Waals surface area contributed by atoms with Crippen LogP contribution in [0.4, 0.5) is 15.5 Å². The predicted molar refractivity (Wildman–Crippen MR) is 162 cm³/mol. The third-order valence-corrected chi connectivity index (χ3v) is 9.72. The maximum absolute atomic E-state index is 14.3. The smallest absolute Gasteiger partial charge is 0.292 e. The molecule has 4 heterocycles. The van der Waals surface area contributed by atoms with Crippen molar-refractivity contribution in [1.29, 1.82) is 0 Å². The molecule has 2 aromatic heterocycles. The van der Waals surface area contributed by atoms with Crippen molar-refractivity contribution in [1.82, 2.24) is 9.88 Å². The van der Waals surface area contributed by atoms with Gasteiger partial charge in [0.05, 0.1) is 16.9 Å². The normalized spacial score (nSPS) is 18.9. The Morgan fingerprint density at radius 3 is 2.23 bits per heavy atom. The van der Waals surface area contributed by atoms with Crippen LogP contribution in [0.3, 0.4) is 0 Å². The average molecular weight is 551 g/mol. The second-order valence-corrected chi connectivity index (χ2v) is 11.9. The van der Waals surface area contributed by atoms with Gasteiger partial charge in [0, 0.05) is 19.3 Å². The van der Waals surface area contributed by atoms with Crippen molar-refractivity contribution >= 4 is 34.0 Å². The number of hydrogen-bond acceptors (Lipinski definition) is 5. The fraction of sp³-hybridized carbons (Fsp3) is 0.303. The number of thiophene rings is 1. The van der Waals surface area contributed by atoms with Crippen LogP contribution in [0.25, 0.3) is 11.1 Å². The van der Waals surface area contributed by atoms with Gasteiger partial charge >= 0.3 is 6.03 Å². The van der Waals surface area contributed by atoms with Crippen LogP contribution < -0.4 is 9.80 Å². The van der Waals surface area contributed by atoms with Gasteiger partial charge in [-0.05, 0) is 85.5 Å². The highest BCUT2D eigenvalue weighted by Gasteiger charge is 2.60. The highest BCUT2D eigenvalue weighted by atomic mass is 32.1. The molecule has 0 bridgehead atoms. The zero-order chi connectivity index (χ0) is 27.9. The van der Waals surface area contributed by atoms with E-state index in [-0.39, 0.29) is 17.5 Å². The first-order valence-corrected chi connectivity index (χ1v) is 14.8. The molecule has 2 aliphatic heterocycles. The van der Waals surface area contributed by atoms with Crippen LogP contribution in [0, 0.1) is 6.92 Å². The summed E-state index contributed by atoms with van der Waals surface area (Å²) in [5.74, 6) is -0.134. The molecular weight excluding hydrogens is 516 g/mol. The molecule has 4 aromatic rings. The zero-order valence-electron chi connectivity index (χ0n) is 23.2. The summed E-state index contributed by atoms with van der Waals surface area (Å²) in [4.78, 5) is 38.8. The van der Waals surface area contributed by atoms with E-state index in [2.05, 4.69) is 43.9 Å². The number of rotatable bonds is 6. The van der Waals surface area contributed by atoms with E-state index >= 15 is 0 Å². The number of amides is 3. The Morgan fingerprint density at radius 1 is 0.900 bits per heavy atom. The van der Waals surface area contributed by atoms with Gasteiger partial charge in [0.15, 0.2) is 0 Å². The lowest BCUT2D eigenvalue weighted by molar-refractivity contribution is -0.123. The highest BCUT2D eigenvalue weighted by molar-refractivity contribution is 7.14. The quantitative estimate of drug-likeness (QED) is 0.237. The SMILES string of the molecule is CCC(C)(c1ncccc1C)N1CCC2(CC1)C(=O)N(c1ccc(-c3ccccc3)cc1)C(=O)N2c1cccs1. The van der Waals surface area contributed by atoms with Crippen molar-refractivity contribution in [2.45, 2.75) is 51.1 Å². The van der Waals surface area contributed by atoms with Crippen molar-refractivity contribution in [3.05, 3.63) is 102 Å². The highest BCUT2D eigenvalue weighted by Crippen LogP contribution is 2.46. The van der Waals surface area contributed by atoms with Gasteiger partial charge in [-0.15, -0.1) is 11.3 Å². The Morgan fingerprint density at radius 2 is 1.60 bits per heavy atom. The monoisotopic (exact) mass is 550 g/mol. The number of imide groups is 1. The second kappa shape index (κ2) is 10.3. The largest absolute Gasteiger partial charge is 0.337 e. The summed E-state index contributed by atoms with van der Waals surface area (Å²) in [7, 11) is 0. The molecule has 2 saturated heterocycles. The molecular formula is C33H34N4O2S. The van der Waals surface area contributed by atoms with Gasteiger partial charge in [0.25, 0.3) is 5.91 Å². The van der Waals surface area contributed by atoms with E-state index in [1.54, 1.807) is 4.90 Å². The third kappa shape index (κ3) is 4.16. The molecule has 0 aliphatic carbocycles. The van der Waals surface area contributed by atoms with Crippen LogP contribution in [0.15, 0.2) is 90.4 Å². The van der Waals surface area contributed by atoms with E-state index in [4.69, 9.17) is 4.98 Å². The van der Waals surface area contributed by atoms with Crippen LogP contribution in [0.1, 0.15) is 44.4 Å². The van der Waals surface area contributed by atoms with Crippen molar-refractivity contribution in [3.63, 3.8) is 0 Å². The number of carbonyl (C=O) groups excluding carboxylic acids is 2. The van der Waals surface area contributed by atoms with Gasteiger partial charge in [-0.25, -0.2) is 9.69 Å². The number of anilines is 2. The number of carbonyl (C=O) groups is 2. The molecule has 7 heteroatoms. The predicted octanol–water partition coefficient (Wildman–Crippen LogP) is 7.25. The Bertz CT molecular complexity index is 1510. The molecule has 40 heavy (non-hydrogen) atoms. The number of benzene rings is 2. The molecule has 1 spiro atoms. The number of piperidine rings is 1. The Kier molecular flexibility index (Phi) is 6.80. The van der Waals surface area contributed by atoms with Gasteiger partial charge < -0.3 is 0 Å². The Balaban J connectivity index is 1.32. The molecule has 204 valence electrons. The van der Waals surface area contributed by atoms with Crippen LogP contribution in [0.2, 0.25) is 0 Å². The van der Waals surface area contributed by atoms with Crippen LogP contribution in [-0.4, -0.2) is 40.5 Å². The van der Waals surface area contributed by atoms with Crippen molar-refractivity contribution in [2.24, 2.45) is 0 Å². The van der Waals surface area contributed by atoms with Crippen LogP contribution in [0.5, 0.6) is 0 Å². The van der Waals surface area contributed by atoms with Gasteiger partial charge in [0.2, 0.25) is 0 Å². The molecule has 0 N–H and O–H groups in total. The van der Waals surface area contributed by atoms with E-state index in [9.17, 15) is 9.59 Å². The van der Waals surface area contributed by atoms with Crippen LogP contribution in [-0.2, 0) is 10.3 Å². The van der Waals surface area contributed by atoms with Crippen molar-refractivity contribution < 1.29 is 9.59 Å². The lowest BCUT2D eigenvalue weighted by atomic mass is 9.81. The molecule has 2 aliphatic rings. The molecule has 6 rings (SSSR count). The summed E-state index contributed by atoms with van der Waals surface area (Å²) < 4.78 is 0. The fourth-order valence-electron chi connectivity index (χ4n) is 6.44. The minimum atomic E-state index is -0.912. The second-order valence-electron chi connectivity index (χ2n) is 10.9. The molecule has 6 nitrogen and oxygen atoms in total. The molecule has 1 unspecified atom stereocenters. The Hall–Kier alpha value is -3.81. The van der Waals surface area contributed by atoms with Gasteiger partial charge in [-0.1, -0.05) is 55.5 Å². The molecule has 0 radical (unpaired) electrons. The number of aryl methyl sites for hydroxylation is 1. The molecule has 3 amide bonds. The van der Waals surface area contributed by atoms with Gasteiger partial charge in [-0.3, -0.25) is 19.6 Å².